The summed E-state index contributed by atoms with van der Waals surface area (Å²) in [5, 5.41) is 3.45. The molecule has 1 rings (SSSR count). The van der Waals surface area contributed by atoms with E-state index in [1.165, 1.54) is 6.07 Å². The maximum absolute atomic E-state index is 13.2. The zero-order valence-electron chi connectivity index (χ0n) is 7.49. The van der Waals surface area contributed by atoms with Gasteiger partial charge >= 0.3 is 0 Å². The molecule has 4 heteroatoms. The Morgan fingerprint density at radius 3 is 2.86 bits per heavy atom. The molecule has 0 saturated heterocycles. The van der Waals surface area contributed by atoms with Crippen LogP contribution in [0.2, 0.25) is 5.02 Å². The summed E-state index contributed by atoms with van der Waals surface area (Å²) < 4.78 is 14.1. The van der Waals surface area contributed by atoms with Gasteiger partial charge in [0.25, 0.3) is 0 Å². The fraction of sp³-hybridized carbons (Fsp3) is 0.200. The van der Waals surface area contributed by atoms with Gasteiger partial charge in [-0.1, -0.05) is 40.2 Å². The lowest BCUT2D eigenvalue weighted by Crippen LogP contribution is -2.15. The van der Waals surface area contributed by atoms with E-state index < -0.39 is 0 Å². The number of nitrogens with one attached hydrogen (secondary N) is 1. The molecule has 0 bridgehead atoms. The number of hydrogen-bond acceptors (Lipinski definition) is 1. The number of benzene rings is 1. The highest BCUT2D eigenvalue weighted by Gasteiger charge is 2.01. The summed E-state index contributed by atoms with van der Waals surface area (Å²) in [5.41, 5.74) is 0.600. The Morgan fingerprint density at radius 1 is 1.57 bits per heavy atom. The van der Waals surface area contributed by atoms with E-state index in [4.69, 9.17) is 11.6 Å². The first-order valence-electron chi connectivity index (χ1n) is 4.07. The predicted molar refractivity (Wildman–Crippen MR) is 61.2 cm³/mol. The van der Waals surface area contributed by atoms with E-state index in [1.807, 2.05) is 0 Å². The Kier molecular flexibility index (Phi) is 4.58. The summed E-state index contributed by atoms with van der Waals surface area (Å²) in [6.45, 7) is 4.74. The van der Waals surface area contributed by atoms with Crippen LogP contribution in [0.4, 0.5) is 4.39 Å². The molecule has 0 aliphatic carbocycles. The van der Waals surface area contributed by atoms with Crippen molar-refractivity contribution in [3.8, 4) is 0 Å². The molecule has 0 saturated carbocycles. The first-order valence-corrected chi connectivity index (χ1v) is 5.24. The lowest BCUT2D eigenvalue weighted by molar-refractivity contribution is 0.596. The van der Waals surface area contributed by atoms with E-state index in [1.54, 1.807) is 12.1 Å². The van der Waals surface area contributed by atoms with Gasteiger partial charge < -0.3 is 5.32 Å². The van der Waals surface area contributed by atoms with Gasteiger partial charge in [-0.05, 0) is 12.1 Å². The van der Waals surface area contributed by atoms with Crippen LogP contribution in [0.1, 0.15) is 5.56 Å². The van der Waals surface area contributed by atoms with E-state index >= 15 is 0 Å². The molecule has 1 N–H and O–H groups in total. The minimum Gasteiger partial charge on any atom is -0.308 e. The Balaban J connectivity index is 2.55. The van der Waals surface area contributed by atoms with Gasteiger partial charge in [-0.2, -0.15) is 0 Å². The Labute approximate surface area is 96.1 Å². The van der Waals surface area contributed by atoms with Gasteiger partial charge in [0.1, 0.15) is 5.82 Å². The van der Waals surface area contributed by atoms with Crippen LogP contribution in [0.5, 0.6) is 0 Å². The molecular formula is C10H10BrClFN. The van der Waals surface area contributed by atoms with E-state index in [9.17, 15) is 4.39 Å². The van der Waals surface area contributed by atoms with Crippen molar-refractivity contribution in [2.45, 2.75) is 6.54 Å². The van der Waals surface area contributed by atoms with Crippen LogP contribution in [-0.2, 0) is 6.54 Å². The van der Waals surface area contributed by atoms with Crippen molar-refractivity contribution in [2.24, 2.45) is 0 Å². The molecule has 76 valence electrons. The molecule has 0 amide bonds. The Hall–Kier alpha value is -0.380. The van der Waals surface area contributed by atoms with Crippen molar-refractivity contribution in [3.63, 3.8) is 0 Å². The monoisotopic (exact) mass is 277 g/mol. The van der Waals surface area contributed by atoms with Crippen LogP contribution < -0.4 is 5.32 Å². The molecule has 0 radical (unpaired) electrons. The van der Waals surface area contributed by atoms with Gasteiger partial charge in [0.05, 0.1) is 0 Å². The van der Waals surface area contributed by atoms with Gasteiger partial charge in [-0.3, -0.25) is 0 Å². The highest BCUT2D eigenvalue weighted by atomic mass is 79.9. The average molecular weight is 279 g/mol. The normalized spacial score (nSPS) is 10.2. The molecule has 1 aromatic carbocycles. The minimum absolute atomic E-state index is 0.287. The number of hydrogen-bond donors (Lipinski definition) is 1. The van der Waals surface area contributed by atoms with Gasteiger partial charge in [0, 0.05) is 28.2 Å². The topological polar surface area (TPSA) is 12.0 Å². The summed E-state index contributed by atoms with van der Waals surface area (Å²) in [6.07, 6.45) is 0. The predicted octanol–water partition coefficient (Wildman–Crippen LogP) is 3.48. The van der Waals surface area contributed by atoms with Crippen LogP contribution >= 0.6 is 27.5 Å². The van der Waals surface area contributed by atoms with Crippen molar-refractivity contribution in [1.29, 1.82) is 0 Å². The van der Waals surface area contributed by atoms with Crippen molar-refractivity contribution in [2.75, 3.05) is 6.54 Å². The summed E-state index contributed by atoms with van der Waals surface area (Å²) >= 11 is 8.83. The molecule has 0 unspecified atom stereocenters. The molecule has 0 aliphatic rings. The molecule has 0 fully saturated rings. The van der Waals surface area contributed by atoms with Crippen LogP contribution in [0, 0.1) is 5.82 Å². The Bertz CT molecular complexity index is 341. The lowest BCUT2D eigenvalue weighted by atomic mass is 10.2. The fourth-order valence-corrected chi connectivity index (χ4v) is 1.35. The maximum Gasteiger partial charge on any atom is 0.129 e. The smallest absolute Gasteiger partial charge is 0.129 e. The standard InChI is InChI=1S/C10H10BrClFN/c1-7(11)5-14-6-8-2-3-9(12)4-10(8)13/h2-4,14H,1,5-6H2. The summed E-state index contributed by atoms with van der Waals surface area (Å²) in [6, 6.07) is 4.65. The second-order valence-electron chi connectivity index (χ2n) is 2.86. The van der Waals surface area contributed by atoms with E-state index in [0.29, 0.717) is 23.7 Å². The minimum atomic E-state index is -0.287. The lowest BCUT2D eigenvalue weighted by Gasteiger charge is -2.05. The molecule has 0 aliphatic heterocycles. The summed E-state index contributed by atoms with van der Waals surface area (Å²) in [4.78, 5) is 0. The first kappa shape index (κ1) is 11.7. The third-order valence-electron chi connectivity index (χ3n) is 1.65. The third kappa shape index (κ3) is 3.78. The van der Waals surface area contributed by atoms with E-state index in [0.717, 1.165) is 4.48 Å². The van der Waals surface area contributed by atoms with E-state index in [2.05, 4.69) is 27.8 Å². The third-order valence-corrected chi connectivity index (χ3v) is 2.16. The number of halogens is 3. The molecule has 0 heterocycles. The molecule has 1 aromatic rings. The van der Waals surface area contributed by atoms with Crippen LogP contribution in [0.25, 0.3) is 0 Å². The van der Waals surface area contributed by atoms with E-state index in [-0.39, 0.29) is 5.82 Å². The van der Waals surface area contributed by atoms with Gasteiger partial charge in [0.2, 0.25) is 0 Å². The second-order valence-corrected chi connectivity index (χ2v) is 4.41. The molecule has 0 atom stereocenters. The van der Waals surface area contributed by atoms with Crippen molar-refractivity contribution < 1.29 is 4.39 Å². The molecule has 1 nitrogen and oxygen atoms in total. The quantitative estimate of drug-likeness (QED) is 0.889. The first-order chi connectivity index (χ1) is 6.59. The van der Waals surface area contributed by atoms with Gasteiger partial charge in [-0.25, -0.2) is 4.39 Å². The van der Waals surface area contributed by atoms with Crippen LogP contribution in [0.3, 0.4) is 0 Å². The maximum atomic E-state index is 13.2. The summed E-state index contributed by atoms with van der Waals surface area (Å²) in [5.74, 6) is -0.287. The zero-order chi connectivity index (χ0) is 10.6. The molecular weight excluding hydrogens is 268 g/mol. The van der Waals surface area contributed by atoms with Crippen LogP contribution in [0.15, 0.2) is 29.3 Å². The SMILES string of the molecule is C=C(Br)CNCc1ccc(Cl)cc1F. The second kappa shape index (κ2) is 5.49. The number of rotatable bonds is 4. The average Bonchev–Trinajstić information content (AvgIpc) is 2.08. The molecule has 14 heavy (non-hydrogen) atoms. The highest BCUT2D eigenvalue weighted by molar-refractivity contribution is 9.11. The molecule has 0 aromatic heterocycles. The fourth-order valence-electron chi connectivity index (χ4n) is 0.998. The van der Waals surface area contributed by atoms with Crippen LogP contribution in [-0.4, -0.2) is 6.54 Å². The largest absolute Gasteiger partial charge is 0.308 e. The molecule has 0 spiro atoms. The van der Waals surface area contributed by atoms with Crippen molar-refractivity contribution >= 4 is 27.5 Å². The van der Waals surface area contributed by atoms with Crippen molar-refractivity contribution in [3.05, 3.63) is 45.7 Å². The highest BCUT2D eigenvalue weighted by Crippen LogP contribution is 2.14. The summed E-state index contributed by atoms with van der Waals surface area (Å²) in [7, 11) is 0. The van der Waals surface area contributed by atoms with Gasteiger partial charge in [-0.15, -0.1) is 0 Å². The van der Waals surface area contributed by atoms with Crippen molar-refractivity contribution in [1.82, 2.24) is 5.32 Å². The zero-order valence-corrected chi connectivity index (χ0v) is 9.83. The van der Waals surface area contributed by atoms with Gasteiger partial charge in [0.15, 0.2) is 0 Å². The Morgan fingerprint density at radius 2 is 2.29 bits per heavy atom.